The molecular weight excluding hydrogens is 267 g/mol. The number of hydrogen-bond acceptors (Lipinski definition) is 3. The zero-order valence-corrected chi connectivity index (χ0v) is 10.0. The number of phenolic OH excluding ortho intramolecular Hbond substituents is 1. The van der Waals surface area contributed by atoms with Crippen LogP contribution in [0, 0.1) is 0 Å². The Morgan fingerprint density at radius 2 is 2.07 bits per heavy atom. The first kappa shape index (κ1) is 13.7. The molecule has 80 valence electrons. The fourth-order valence-corrected chi connectivity index (χ4v) is 1.55. The van der Waals surface area contributed by atoms with E-state index in [1.54, 1.807) is 12.1 Å². The van der Waals surface area contributed by atoms with Crippen LogP contribution in [0.15, 0.2) is 22.7 Å². The first-order valence-corrected chi connectivity index (χ1v) is 4.89. The summed E-state index contributed by atoms with van der Waals surface area (Å²) in [6.45, 7) is 0.521. The smallest absolute Gasteiger partial charge is 0.134 e. The highest BCUT2D eigenvalue weighted by molar-refractivity contribution is 9.10. The lowest BCUT2D eigenvalue weighted by atomic mass is 10.0. The highest BCUT2D eigenvalue weighted by atomic mass is 79.9. The van der Waals surface area contributed by atoms with Gasteiger partial charge in [-0.2, -0.15) is 0 Å². The molecule has 0 bridgehead atoms. The maximum Gasteiger partial charge on any atom is 0.134 e. The normalized spacial score (nSPS) is 11.9. The van der Waals surface area contributed by atoms with Crippen LogP contribution in [0.3, 0.4) is 0 Å². The summed E-state index contributed by atoms with van der Waals surface area (Å²) in [4.78, 5) is 0. The zero-order valence-electron chi connectivity index (χ0n) is 7.61. The van der Waals surface area contributed by atoms with Crippen LogP contribution in [0.25, 0.3) is 0 Å². The van der Waals surface area contributed by atoms with E-state index in [1.165, 1.54) is 0 Å². The molecule has 0 saturated heterocycles. The van der Waals surface area contributed by atoms with Gasteiger partial charge >= 0.3 is 0 Å². The molecule has 0 unspecified atom stereocenters. The highest BCUT2D eigenvalue weighted by Crippen LogP contribution is 2.31. The number of para-hydroxylation sites is 1. The number of hydrogen-bond donors (Lipinski definition) is 3. The Hall–Kier alpha value is -0.290. The van der Waals surface area contributed by atoms with Gasteiger partial charge in [0.2, 0.25) is 0 Å². The summed E-state index contributed by atoms with van der Waals surface area (Å²) >= 11 is 3.23. The summed E-state index contributed by atoms with van der Waals surface area (Å²) in [7, 11) is 0. The maximum absolute atomic E-state index is 9.63. The second-order valence-electron chi connectivity index (χ2n) is 2.86. The molecule has 0 fully saturated rings. The van der Waals surface area contributed by atoms with E-state index in [-0.39, 0.29) is 24.2 Å². The minimum absolute atomic E-state index is 0. The van der Waals surface area contributed by atoms with Crippen molar-refractivity contribution in [2.24, 2.45) is 11.5 Å². The van der Waals surface area contributed by atoms with Gasteiger partial charge in [0.25, 0.3) is 0 Å². The molecule has 5 heteroatoms. The van der Waals surface area contributed by atoms with E-state index >= 15 is 0 Å². The standard InChI is InChI=1S/C9H13BrN2O.ClH/c10-7-3-1-2-6(9(7)13)8(12)4-5-11;/h1-3,8,13H,4-5,11-12H2;1H/t8-;/m1./s1. The quantitative estimate of drug-likeness (QED) is 0.792. The van der Waals surface area contributed by atoms with Crippen molar-refractivity contribution >= 4 is 28.3 Å². The third-order valence-electron chi connectivity index (χ3n) is 1.90. The summed E-state index contributed by atoms with van der Waals surface area (Å²) in [5.41, 5.74) is 11.9. The second kappa shape index (κ2) is 6.24. The first-order valence-electron chi connectivity index (χ1n) is 4.10. The Kier molecular flexibility index (Phi) is 6.11. The van der Waals surface area contributed by atoms with Crippen molar-refractivity contribution in [3.05, 3.63) is 28.2 Å². The van der Waals surface area contributed by atoms with Gasteiger partial charge < -0.3 is 16.6 Å². The van der Waals surface area contributed by atoms with Crippen molar-refractivity contribution in [2.45, 2.75) is 12.5 Å². The molecule has 0 aromatic heterocycles. The molecule has 1 atom stereocenters. The number of phenols is 1. The number of aromatic hydroxyl groups is 1. The minimum atomic E-state index is -0.192. The average Bonchev–Trinajstić information content (AvgIpc) is 2.10. The molecule has 5 N–H and O–H groups in total. The molecule has 0 aliphatic carbocycles. The lowest BCUT2D eigenvalue weighted by molar-refractivity contribution is 0.456. The molecule has 1 rings (SSSR count). The van der Waals surface area contributed by atoms with Gasteiger partial charge in [0, 0.05) is 11.6 Å². The molecule has 1 aromatic rings. The molecule has 14 heavy (non-hydrogen) atoms. The van der Waals surface area contributed by atoms with Crippen LogP contribution >= 0.6 is 28.3 Å². The van der Waals surface area contributed by atoms with Gasteiger partial charge in [0.15, 0.2) is 0 Å². The number of rotatable bonds is 3. The van der Waals surface area contributed by atoms with Gasteiger partial charge in [-0.15, -0.1) is 12.4 Å². The maximum atomic E-state index is 9.63. The second-order valence-corrected chi connectivity index (χ2v) is 3.72. The van der Waals surface area contributed by atoms with Crippen LogP contribution in [0.1, 0.15) is 18.0 Å². The molecular formula is C9H14BrClN2O. The Balaban J connectivity index is 0.00000169. The molecule has 0 radical (unpaired) electrons. The van der Waals surface area contributed by atoms with E-state index in [0.717, 1.165) is 5.56 Å². The van der Waals surface area contributed by atoms with E-state index < -0.39 is 0 Å². The number of halogens is 2. The summed E-state index contributed by atoms with van der Waals surface area (Å²) in [6.07, 6.45) is 0.671. The van der Waals surface area contributed by atoms with Crippen LogP contribution in [0.4, 0.5) is 0 Å². The van der Waals surface area contributed by atoms with Crippen molar-refractivity contribution in [2.75, 3.05) is 6.54 Å². The Bertz CT molecular complexity index is 296. The minimum Gasteiger partial charge on any atom is -0.506 e. The Morgan fingerprint density at radius 1 is 1.43 bits per heavy atom. The van der Waals surface area contributed by atoms with Gasteiger partial charge in [-0.25, -0.2) is 0 Å². The van der Waals surface area contributed by atoms with Crippen molar-refractivity contribution in [1.29, 1.82) is 0 Å². The first-order chi connectivity index (χ1) is 6.16. The molecule has 1 aromatic carbocycles. The van der Waals surface area contributed by atoms with E-state index in [2.05, 4.69) is 15.9 Å². The van der Waals surface area contributed by atoms with Crippen molar-refractivity contribution in [3.8, 4) is 5.75 Å². The van der Waals surface area contributed by atoms with Gasteiger partial charge in [0.05, 0.1) is 4.47 Å². The molecule has 0 saturated carbocycles. The largest absolute Gasteiger partial charge is 0.506 e. The molecule has 0 aliphatic rings. The Labute approximate surface area is 98.0 Å². The van der Waals surface area contributed by atoms with Crippen LogP contribution in [-0.4, -0.2) is 11.7 Å². The van der Waals surface area contributed by atoms with Crippen LogP contribution < -0.4 is 11.5 Å². The van der Waals surface area contributed by atoms with E-state index in [9.17, 15) is 5.11 Å². The van der Waals surface area contributed by atoms with Crippen LogP contribution in [0.5, 0.6) is 5.75 Å². The third kappa shape index (κ3) is 3.13. The SMILES string of the molecule is Cl.NCC[C@@H](N)c1cccc(Br)c1O. The predicted molar refractivity (Wildman–Crippen MR) is 63.7 cm³/mol. The molecule has 0 heterocycles. The monoisotopic (exact) mass is 280 g/mol. The molecule has 3 nitrogen and oxygen atoms in total. The lowest BCUT2D eigenvalue weighted by Crippen LogP contribution is -2.15. The van der Waals surface area contributed by atoms with E-state index in [4.69, 9.17) is 11.5 Å². The summed E-state index contributed by atoms with van der Waals surface area (Å²) in [5, 5.41) is 9.63. The van der Waals surface area contributed by atoms with Crippen LogP contribution in [-0.2, 0) is 0 Å². The fraction of sp³-hybridized carbons (Fsp3) is 0.333. The van der Waals surface area contributed by atoms with E-state index in [0.29, 0.717) is 17.4 Å². The topological polar surface area (TPSA) is 72.3 Å². The number of nitrogens with two attached hydrogens (primary N) is 2. The van der Waals surface area contributed by atoms with Gasteiger partial charge in [-0.3, -0.25) is 0 Å². The van der Waals surface area contributed by atoms with Crippen LogP contribution in [0.2, 0.25) is 0 Å². The lowest BCUT2D eigenvalue weighted by Gasteiger charge is -2.12. The summed E-state index contributed by atoms with van der Waals surface area (Å²) in [6, 6.07) is 5.23. The Morgan fingerprint density at radius 3 is 2.64 bits per heavy atom. The van der Waals surface area contributed by atoms with Gasteiger partial charge in [0.1, 0.15) is 5.75 Å². The van der Waals surface area contributed by atoms with Gasteiger partial charge in [-0.1, -0.05) is 12.1 Å². The average molecular weight is 282 g/mol. The molecule has 0 amide bonds. The van der Waals surface area contributed by atoms with E-state index in [1.807, 2.05) is 6.07 Å². The highest BCUT2D eigenvalue weighted by Gasteiger charge is 2.11. The predicted octanol–water partition coefficient (Wildman–Crippen LogP) is 1.93. The zero-order chi connectivity index (χ0) is 9.84. The van der Waals surface area contributed by atoms with Crippen molar-refractivity contribution < 1.29 is 5.11 Å². The van der Waals surface area contributed by atoms with Crippen molar-refractivity contribution in [3.63, 3.8) is 0 Å². The molecule has 0 spiro atoms. The number of benzene rings is 1. The van der Waals surface area contributed by atoms with Crippen molar-refractivity contribution in [1.82, 2.24) is 0 Å². The molecule has 0 aliphatic heterocycles. The summed E-state index contributed by atoms with van der Waals surface area (Å²) in [5.74, 6) is 0.212. The third-order valence-corrected chi connectivity index (χ3v) is 2.54. The fourth-order valence-electron chi connectivity index (χ4n) is 1.17. The summed E-state index contributed by atoms with van der Waals surface area (Å²) < 4.78 is 0.664. The van der Waals surface area contributed by atoms with Gasteiger partial charge in [-0.05, 0) is 35.0 Å².